The number of nitrogens with one attached hydrogen (secondary N) is 2. The summed E-state index contributed by atoms with van der Waals surface area (Å²) in [6.07, 6.45) is 4.29. The number of rotatable bonds is 1. The highest BCUT2D eigenvalue weighted by Crippen LogP contribution is 2.28. The van der Waals surface area contributed by atoms with E-state index in [1.807, 2.05) is 30.5 Å². The molecule has 0 radical (unpaired) electrons. The summed E-state index contributed by atoms with van der Waals surface area (Å²) in [5, 5.41) is 4.53. The predicted molar refractivity (Wildman–Crippen MR) is 78.7 cm³/mol. The second-order valence-electron chi connectivity index (χ2n) is 5.91. The average Bonchev–Trinajstić information content (AvgIpc) is 3.13. The van der Waals surface area contributed by atoms with Crippen LogP contribution in [-0.2, 0) is 0 Å². The van der Waals surface area contributed by atoms with Gasteiger partial charge in [-0.25, -0.2) is 0 Å². The van der Waals surface area contributed by atoms with E-state index >= 15 is 0 Å². The molecule has 2 atom stereocenters. The summed E-state index contributed by atoms with van der Waals surface area (Å²) >= 11 is 0. The van der Waals surface area contributed by atoms with Gasteiger partial charge in [0.1, 0.15) is 0 Å². The van der Waals surface area contributed by atoms with Gasteiger partial charge in [-0.2, -0.15) is 0 Å². The second kappa shape index (κ2) is 4.63. The number of fused-ring (bicyclic) bond motifs is 2. The van der Waals surface area contributed by atoms with Gasteiger partial charge >= 0.3 is 0 Å². The molecule has 2 aromatic rings. The van der Waals surface area contributed by atoms with Crippen LogP contribution in [0.1, 0.15) is 23.2 Å². The zero-order valence-corrected chi connectivity index (χ0v) is 11.4. The van der Waals surface area contributed by atoms with E-state index in [2.05, 4.69) is 15.2 Å². The van der Waals surface area contributed by atoms with Crippen LogP contribution in [-0.4, -0.2) is 41.5 Å². The quantitative estimate of drug-likeness (QED) is 0.832. The number of aromatic amines is 1. The molecule has 1 amide bonds. The number of H-pyrrole nitrogens is 1. The highest BCUT2D eigenvalue weighted by Gasteiger charge is 2.37. The van der Waals surface area contributed by atoms with Gasteiger partial charge in [0.05, 0.1) is 0 Å². The van der Waals surface area contributed by atoms with E-state index in [0.717, 1.165) is 42.5 Å². The molecule has 2 fully saturated rings. The third-order valence-corrected chi connectivity index (χ3v) is 4.74. The lowest BCUT2D eigenvalue weighted by Gasteiger charge is -2.37. The number of carbonyl (C=O) groups excluding carboxylic acids is 1. The number of amides is 1. The zero-order chi connectivity index (χ0) is 13.5. The van der Waals surface area contributed by atoms with Crippen molar-refractivity contribution in [1.82, 2.24) is 15.2 Å². The zero-order valence-electron chi connectivity index (χ0n) is 11.4. The number of nitrogens with zero attached hydrogens (tertiary/aromatic N) is 1. The molecule has 0 spiro atoms. The molecule has 0 saturated carbocycles. The smallest absolute Gasteiger partial charge is 0.254 e. The van der Waals surface area contributed by atoms with Gasteiger partial charge in [0, 0.05) is 48.3 Å². The molecular formula is C16H19N3O. The van der Waals surface area contributed by atoms with Gasteiger partial charge in [-0.1, -0.05) is 0 Å². The molecule has 4 rings (SSSR count). The fourth-order valence-electron chi connectivity index (χ4n) is 3.67. The van der Waals surface area contributed by atoms with Crippen molar-refractivity contribution in [2.45, 2.75) is 18.9 Å². The Kier molecular flexibility index (Phi) is 2.77. The average molecular weight is 269 g/mol. The lowest BCUT2D eigenvalue weighted by atomic mass is 9.91. The topological polar surface area (TPSA) is 48.1 Å². The van der Waals surface area contributed by atoms with Crippen molar-refractivity contribution in [3.63, 3.8) is 0 Å². The Morgan fingerprint density at radius 1 is 1.25 bits per heavy atom. The Morgan fingerprint density at radius 2 is 2.20 bits per heavy atom. The number of benzene rings is 1. The fourth-order valence-corrected chi connectivity index (χ4v) is 3.67. The Bertz CT molecular complexity index is 648. The Hall–Kier alpha value is -1.81. The van der Waals surface area contributed by atoms with E-state index < -0.39 is 0 Å². The molecular weight excluding hydrogens is 250 g/mol. The molecule has 20 heavy (non-hydrogen) atoms. The summed E-state index contributed by atoms with van der Waals surface area (Å²) in [5.41, 5.74) is 1.89. The molecule has 2 aliphatic heterocycles. The highest BCUT2D eigenvalue weighted by atomic mass is 16.2. The Balaban J connectivity index is 1.65. The van der Waals surface area contributed by atoms with Crippen LogP contribution < -0.4 is 5.32 Å². The van der Waals surface area contributed by atoms with Crippen LogP contribution in [0.25, 0.3) is 10.9 Å². The molecule has 104 valence electrons. The van der Waals surface area contributed by atoms with Gasteiger partial charge in [0.2, 0.25) is 0 Å². The van der Waals surface area contributed by atoms with E-state index in [4.69, 9.17) is 0 Å². The van der Waals surface area contributed by atoms with E-state index in [1.165, 1.54) is 6.42 Å². The SMILES string of the molecule is O=C(c1ccc2[nH]ccc2c1)N1CCCC2CNCC21. The molecule has 1 aromatic heterocycles. The van der Waals surface area contributed by atoms with Crippen LogP contribution in [0.3, 0.4) is 0 Å². The second-order valence-corrected chi connectivity index (χ2v) is 5.91. The molecule has 2 unspecified atom stereocenters. The maximum atomic E-state index is 12.8. The van der Waals surface area contributed by atoms with Crippen LogP contribution in [0.15, 0.2) is 30.5 Å². The normalized spacial score (nSPS) is 25.9. The summed E-state index contributed by atoms with van der Waals surface area (Å²) in [6.45, 7) is 2.90. The van der Waals surface area contributed by atoms with Crippen molar-refractivity contribution in [2.24, 2.45) is 5.92 Å². The number of hydrogen-bond acceptors (Lipinski definition) is 2. The maximum absolute atomic E-state index is 12.8. The van der Waals surface area contributed by atoms with Crippen LogP contribution in [0.4, 0.5) is 0 Å². The van der Waals surface area contributed by atoms with Crippen molar-refractivity contribution >= 4 is 16.8 Å². The molecule has 4 nitrogen and oxygen atoms in total. The summed E-state index contributed by atoms with van der Waals surface area (Å²) in [4.78, 5) is 18.0. The first kappa shape index (κ1) is 12.0. The standard InChI is InChI=1S/C16H19N3O/c20-16(12-3-4-14-11(8-12)5-6-18-14)19-7-1-2-13-9-17-10-15(13)19/h3-6,8,13,15,17-18H,1-2,7,9-10H2. The van der Waals surface area contributed by atoms with E-state index in [9.17, 15) is 4.79 Å². The molecule has 0 bridgehead atoms. The fraction of sp³-hybridized carbons (Fsp3) is 0.438. The van der Waals surface area contributed by atoms with Gasteiger partial charge in [0.25, 0.3) is 5.91 Å². The van der Waals surface area contributed by atoms with Crippen LogP contribution in [0, 0.1) is 5.92 Å². The Labute approximate surface area is 118 Å². The maximum Gasteiger partial charge on any atom is 0.254 e. The van der Waals surface area contributed by atoms with Crippen LogP contribution >= 0.6 is 0 Å². The van der Waals surface area contributed by atoms with Gasteiger partial charge in [-0.3, -0.25) is 4.79 Å². The number of likely N-dealkylation sites (tertiary alicyclic amines) is 1. The summed E-state index contributed by atoms with van der Waals surface area (Å²) in [7, 11) is 0. The first-order chi connectivity index (χ1) is 9.83. The molecule has 2 saturated heterocycles. The van der Waals surface area contributed by atoms with E-state index in [-0.39, 0.29) is 5.91 Å². The van der Waals surface area contributed by atoms with Gasteiger partial charge in [0.15, 0.2) is 0 Å². The minimum absolute atomic E-state index is 0.187. The highest BCUT2D eigenvalue weighted by molar-refractivity contribution is 5.98. The number of piperidine rings is 1. The van der Waals surface area contributed by atoms with E-state index in [0.29, 0.717) is 12.0 Å². The monoisotopic (exact) mass is 269 g/mol. The Morgan fingerprint density at radius 3 is 3.15 bits per heavy atom. The first-order valence-electron chi connectivity index (χ1n) is 7.42. The minimum atomic E-state index is 0.187. The van der Waals surface area contributed by atoms with Gasteiger partial charge in [-0.05, 0) is 43.0 Å². The minimum Gasteiger partial charge on any atom is -0.361 e. The number of aromatic nitrogens is 1. The number of carbonyl (C=O) groups is 1. The van der Waals surface area contributed by atoms with Crippen molar-refractivity contribution in [3.8, 4) is 0 Å². The number of hydrogen-bond donors (Lipinski definition) is 2. The molecule has 1 aromatic carbocycles. The lowest BCUT2D eigenvalue weighted by molar-refractivity contribution is 0.0575. The third kappa shape index (κ3) is 1.83. The van der Waals surface area contributed by atoms with Crippen LogP contribution in [0.5, 0.6) is 0 Å². The van der Waals surface area contributed by atoms with Crippen molar-refractivity contribution < 1.29 is 4.79 Å². The molecule has 0 aliphatic carbocycles. The summed E-state index contributed by atoms with van der Waals surface area (Å²) in [6, 6.07) is 8.34. The van der Waals surface area contributed by atoms with E-state index in [1.54, 1.807) is 0 Å². The van der Waals surface area contributed by atoms with Gasteiger partial charge in [-0.15, -0.1) is 0 Å². The van der Waals surface area contributed by atoms with Crippen molar-refractivity contribution in [3.05, 3.63) is 36.0 Å². The molecule has 2 N–H and O–H groups in total. The largest absolute Gasteiger partial charge is 0.361 e. The molecule has 3 heterocycles. The third-order valence-electron chi connectivity index (χ3n) is 4.74. The molecule has 4 heteroatoms. The van der Waals surface area contributed by atoms with Crippen LogP contribution in [0.2, 0.25) is 0 Å². The van der Waals surface area contributed by atoms with Gasteiger partial charge < -0.3 is 15.2 Å². The summed E-state index contributed by atoms with van der Waals surface area (Å²) in [5.74, 6) is 0.829. The molecule has 2 aliphatic rings. The predicted octanol–water partition coefficient (Wildman–Crippen LogP) is 1.99. The van der Waals surface area contributed by atoms with Crippen molar-refractivity contribution in [2.75, 3.05) is 19.6 Å². The van der Waals surface area contributed by atoms with Crippen molar-refractivity contribution in [1.29, 1.82) is 0 Å². The lowest BCUT2D eigenvalue weighted by Crippen LogP contribution is -2.48. The summed E-state index contributed by atoms with van der Waals surface area (Å²) < 4.78 is 0. The first-order valence-corrected chi connectivity index (χ1v) is 7.42.